The van der Waals surface area contributed by atoms with Crippen LogP contribution in [0.3, 0.4) is 0 Å². The Morgan fingerprint density at radius 3 is 0.942 bits per heavy atom. The Hall–Kier alpha value is -6.86. The summed E-state index contributed by atoms with van der Waals surface area (Å²) in [6, 6.07) is 57.9. The molecule has 7 aromatic rings. The summed E-state index contributed by atoms with van der Waals surface area (Å²) >= 11 is 0. The topological polar surface area (TPSA) is 102 Å². The molecule has 358 valence electrons. The average molecular weight is 933 g/mol. The molecule has 7 aromatic carbocycles. The first-order valence-electron chi connectivity index (χ1n) is 23.4. The minimum Gasteiger partial charge on any atom is -0.489 e. The Morgan fingerprint density at radius 2 is 0.594 bits per heavy atom. The molecule has 0 N–H and O–H groups in total. The first kappa shape index (κ1) is 48.6. The van der Waals surface area contributed by atoms with E-state index < -0.39 is 0 Å². The van der Waals surface area contributed by atoms with Gasteiger partial charge < -0.3 is 52.1 Å². The van der Waals surface area contributed by atoms with Gasteiger partial charge in [0.1, 0.15) is 80.2 Å². The molecule has 1 atom stereocenters. The van der Waals surface area contributed by atoms with Crippen LogP contribution >= 0.6 is 0 Å². The molecule has 0 spiro atoms. The second kappa shape index (κ2) is 27.2. The smallest absolute Gasteiger partial charge is 0.123 e. The fraction of sp³-hybridized carbons (Fsp3) is 0.276. The number of rotatable bonds is 22. The summed E-state index contributed by atoms with van der Waals surface area (Å²) in [4.78, 5) is 0. The van der Waals surface area contributed by atoms with Gasteiger partial charge >= 0.3 is 0 Å². The van der Waals surface area contributed by atoms with Gasteiger partial charge in [0.2, 0.25) is 0 Å². The van der Waals surface area contributed by atoms with Crippen molar-refractivity contribution >= 4 is 0 Å². The Bertz CT molecular complexity index is 2250. The lowest BCUT2D eigenvalue weighted by molar-refractivity contribution is -0.0922. The molecule has 11 heteroatoms. The molecule has 0 radical (unpaired) electrons. The van der Waals surface area contributed by atoms with E-state index in [0.29, 0.717) is 114 Å². The fourth-order valence-electron chi connectivity index (χ4n) is 7.32. The van der Waals surface area contributed by atoms with Gasteiger partial charge in [-0.05, 0) is 75.3 Å². The molecule has 1 aliphatic rings. The van der Waals surface area contributed by atoms with E-state index in [4.69, 9.17) is 52.1 Å². The van der Waals surface area contributed by atoms with Gasteiger partial charge in [0.25, 0.3) is 0 Å². The minimum absolute atomic E-state index is 0.232. The predicted molar refractivity (Wildman–Crippen MR) is 263 cm³/mol. The lowest BCUT2D eigenvalue weighted by atomic mass is 10.2. The van der Waals surface area contributed by atoms with Crippen LogP contribution in [0.25, 0.3) is 0 Å². The zero-order valence-electron chi connectivity index (χ0n) is 38.9. The molecule has 0 bridgehead atoms. The van der Waals surface area contributed by atoms with E-state index in [0.717, 1.165) is 38.9 Å². The first-order valence-corrected chi connectivity index (χ1v) is 23.4. The monoisotopic (exact) mass is 932 g/mol. The van der Waals surface area contributed by atoms with Gasteiger partial charge in [-0.1, -0.05) is 121 Å². The first-order chi connectivity index (χ1) is 34.1. The molecule has 0 aromatic heterocycles. The van der Waals surface area contributed by atoms with Gasteiger partial charge in [0.05, 0.1) is 59.5 Å². The SMILES string of the molecule is c1ccc(COc2cc(COc3cc(COCC4COCCOCCOCCO4)cc(OCc4cc(OCc5ccccc5)cc(OCc5ccccc5)c4)c3)cc(OCc3ccccc3)c2)cc1. The van der Waals surface area contributed by atoms with Crippen molar-refractivity contribution < 1.29 is 52.1 Å². The van der Waals surface area contributed by atoms with Gasteiger partial charge in [-0.3, -0.25) is 0 Å². The van der Waals surface area contributed by atoms with Crippen molar-refractivity contribution in [1.82, 2.24) is 0 Å². The third-order valence-corrected chi connectivity index (χ3v) is 10.8. The molecule has 1 heterocycles. The summed E-state index contributed by atoms with van der Waals surface area (Å²) in [5.41, 5.74) is 6.85. The van der Waals surface area contributed by atoms with E-state index in [-0.39, 0.29) is 25.9 Å². The molecule has 1 fully saturated rings. The number of hydrogen-bond acceptors (Lipinski definition) is 11. The molecular weight excluding hydrogens is 873 g/mol. The van der Waals surface area contributed by atoms with Crippen LogP contribution in [-0.4, -0.2) is 59.0 Å². The molecular formula is C58H60O11. The van der Waals surface area contributed by atoms with Crippen molar-refractivity contribution in [3.8, 4) is 34.5 Å². The maximum Gasteiger partial charge on any atom is 0.123 e. The van der Waals surface area contributed by atoms with Crippen LogP contribution < -0.4 is 28.4 Å². The highest BCUT2D eigenvalue weighted by atomic mass is 16.6. The van der Waals surface area contributed by atoms with E-state index in [1.54, 1.807) is 0 Å². The van der Waals surface area contributed by atoms with E-state index in [1.807, 2.05) is 176 Å². The summed E-state index contributed by atoms with van der Waals surface area (Å²) < 4.78 is 67.7. The van der Waals surface area contributed by atoms with Crippen molar-refractivity contribution in [3.63, 3.8) is 0 Å². The van der Waals surface area contributed by atoms with Crippen LogP contribution in [0.5, 0.6) is 34.5 Å². The lowest BCUT2D eigenvalue weighted by Gasteiger charge is -2.20. The van der Waals surface area contributed by atoms with E-state index >= 15 is 0 Å². The standard InChI is InChI=1S/C58H60O11/c1-5-13-45(14-6-1)37-64-54-29-50(30-55(34-54)65-38-46-15-7-2-8-16-46)41-68-52-27-49(36-62-44-58-43-61-24-23-59-21-22-60-25-26-63-58)28-53(33-52)69-42-51-31-56(66-39-47-17-9-3-10-18-47)35-57(32-51)67-40-48-19-11-4-12-20-48/h1-20,27-35,58H,21-26,36-44H2. The highest BCUT2D eigenvalue weighted by molar-refractivity contribution is 5.42. The largest absolute Gasteiger partial charge is 0.489 e. The number of ether oxygens (including phenoxy) is 11. The Kier molecular flexibility index (Phi) is 19.2. The minimum atomic E-state index is -0.285. The normalized spacial score (nSPS) is 14.4. The van der Waals surface area contributed by atoms with Crippen LogP contribution in [-0.2, 0) is 69.9 Å². The van der Waals surface area contributed by atoms with E-state index in [2.05, 4.69) is 0 Å². The summed E-state index contributed by atoms with van der Waals surface area (Å²) in [7, 11) is 0. The van der Waals surface area contributed by atoms with Crippen molar-refractivity contribution in [2.24, 2.45) is 0 Å². The number of benzene rings is 7. The maximum atomic E-state index is 6.56. The zero-order chi connectivity index (χ0) is 47.0. The zero-order valence-corrected chi connectivity index (χ0v) is 38.9. The summed E-state index contributed by atoms with van der Waals surface area (Å²) in [5, 5.41) is 0. The predicted octanol–water partition coefficient (Wildman–Crippen LogP) is 11.1. The molecule has 69 heavy (non-hydrogen) atoms. The number of hydrogen-bond donors (Lipinski definition) is 0. The molecule has 1 unspecified atom stereocenters. The van der Waals surface area contributed by atoms with E-state index in [9.17, 15) is 0 Å². The molecule has 0 aliphatic carbocycles. The Labute approximate surface area is 405 Å². The Morgan fingerprint density at radius 1 is 0.304 bits per heavy atom. The van der Waals surface area contributed by atoms with Crippen molar-refractivity contribution in [3.05, 3.63) is 215 Å². The molecule has 0 saturated carbocycles. The van der Waals surface area contributed by atoms with Crippen LogP contribution in [0.2, 0.25) is 0 Å². The highest BCUT2D eigenvalue weighted by Crippen LogP contribution is 2.30. The van der Waals surface area contributed by atoms with Crippen LogP contribution in [0.15, 0.2) is 176 Å². The van der Waals surface area contributed by atoms with Gasteiger partial charge in [-0.2, -0.15) is 0 Å². The molecule has 0 amide bonds. The second-order valence-corrected chi connectivity index (χ2v) is 16.4. The highest BCUT2D eigenvalue weighted by Gasteiger charge is 2.14. The molecule has 11 nitrogen and oxygen atoms in total. The molecule has 1 saturated heterocycles. The van der Waals surface area contributed by atoms with Crippen LogP contribution in [0, 0.1) is 0 Å². The van der Waals surface area contributed by atoms with Crippen molar-refractivity contribution in [2.45, 2.75) is 52.4 Å². The van der Waals surface area contributed by atoms with Gasteiger partial charge in [-0.25, -0.2) is 0 Å². The molecule has 1 aliphatic heterocycles. The third-order valence-electron chi connectivity index (χ3n) is 10.8. The van der Waals surface area contributed by atoms with Crippen molar-refractivity contribution in [2.75, 3.05) is 52.9 Å². The van der Waals surface area contributed by atoms with E-state index in [1.165, 1.54) is 0 Å². The summed E-state index contributed by atoms with van der Waals surface area (Å²) in [5.74, 6) is 3.90. The van der Waals surface area contributed by atoms with Crippen LogP contribution in [0.4, 0.5) is 0 Å². The molecule has 8 rings (SSSR count). The maximum absolute atomic E-state index is 6.56. The summed E-state index contributed by atoms with van der Waals surface area (Å²) in [6.07, 6.45) is -0.285. The lowest BCUT2D eigenvalue weighted by Crippen LogP contribution is -2.29. The average Bonchev–Trinajstić information content (AvgIpc) is 3.39. The van der Waals surface area contributed by atoms with Crippen molar-refractivity contribution in [1.29, 1.82) is 0 Å². The third kappa shape index (κ3) is 17.3. The fourth-order valence-corrected chi connectivity index (χ4v) is 7.32. The Balaban J connectivity index is 1.000. The van der Waals surface area contributed by atoms with Gasteiger partial charge in [-0.15, -0.1) is 0 Å². The van der Waals surface area contributed by atoms with Gasteiger partial charge in [0.15, 0.2) is 0 Å². The summed E-state index contributed by atoms with van der Waals surface area (Å²) in [6.45, 7) is 5.96. The van der Waals surface area contributed by atoms with Crippen LogP contribution in [0.1, 0.15) is 38.9 Å². The van der Waals surface area contributed by atoms with Gasteiger partial charge in [0, 0.05) is 18.2 Å². The quantitative estimate of drug-likeness (QED) is 0.0649. The second-order valence-electron chi connectivity index (χ2n) is 16.4.